The molecule has 1 fully saturated rings. The lowest BCUT2D eigenvalue weighted by atomic mass is 10.1. The number of rotatable bonds is 9. The third kappa shape index (κ3) is 9.03. The zero-order chi connectivity index (χ0) is 20.4. The summed E-state index contributed by atoms with van der Waals surface area (Å²) < 4.78 is 5.18. The average Bonchev–Trinajstić information content (AvgIpc) is 3.08. The number of primary amides is 1. The van der Waals surface area contributed by atoms with Gasteiger partial charge in [0.15, 0.2) is 11.7 Å². The predicted molar refractivity (Wildman–Crippen MR) is 124 cm³/mol. The van der Waals surface area contributed by atoms with E-state index in [2.05, 4.69) is 25.8 Å². The summed E-state index contributed by atoms with van der Waals surface area (Å²) in [5.74, 6) is 0.667. The summed E-state index contributed by atoms with van der Waals surface area (Å²) in [5, 5.41) is 9.55. The maximum atomic E-state index is 12.0. The number of hydrogen-bond donors (Lipinski definition) is 4. The molecule has 0 saturated carbocycles. The van der Waals surface area contributed by atoms with E-state index in [0.29, 0.717) is 31.4 Å². The minimum Gasteiger partial charge on any atom is -0.459 e. The molecular weight excluding hydrogens is 487 g/mol. The number of carbonyl (C=O) groups excluding carboxylic acids is 2. The number of aliphatic imine (C=N–C) groups is 1. The van der Waals surface area contributed by atoms with Gasteiger partial charge in [0.25, 0.3) is 5.91 Å². The van der Waals surface area contributed by atoms with E-state index in [1.165, 1.54) is 6.26 Å². The van der Waals surface area contributed by atoms with Gasteiger partial charge in [-0.1, -0.05) is 0 Å². The summed E-state index contributed by atoms with van der Waals surface area (Å²) in [4.78, 5) is 29.7. The van der Waals surface area contributed by atoms with Crippen LogP contribution in [-0.2, 0) is 4.79 Å². The Bertz CT molecular complexity index is 671. The molecule has 2 amide bonds. The number of carbonyl (C=O) groups is 2. The normalized spacial score (nSPS) is 15.4. The van der Waals surface area contributed by atoms with Gasteiger partial charge in [-0.3, -0.25) is 19.5 Å². The summed E-state index contributed by atoms with van der Waals surface area (Å²) in [6.07, 6.45) is 4.13. The zero-order valence-electron chi connectivity index (χ0n) is 17.2. The molecule has 10 heteroatoms. The van der Waals surface area contributed by atoms with Crippen molar-refractivity contribution in [3.63, 3.8) is 0 Å². The molecule has 0 spiro atoms. The minimum absolute atomic E-state index is 0. The van der Waals surface area contributed by atoms with Crippen molar-refractivity contribution in [3.8, 4) is 0 Å². The molecule has 1 aliphatic heterocycles. The second-order valence-corrected chi connectivity index (χ2v) is 6.96. The Hall–Kier alpha value is -1.82. The molecule has 1 saturated heterocycles. The van der Waals surface area contributed by atoms with Crippen LogP contribution in [0.4, 0.5) is 0 Å². The molecule has 1 aliphatic rings. The van der Waals surface area contributed by atoms with Gasteiger partial charge in [0.2, 0.25) is 5.91 Å². The molecule has 29 heavy (non-hydrogen) atoms. The van der Waals surface area contributed by atoms with Gasteiger partial charge in [-0.2, -0.15) is 0 Å². The number of furan rings is 1. The molecule has 2 heterocycles. The van der Waals surface area contributed by atoms with E-state index in [4.69, 9.17) is 10.2 Å². The standard InChI is InChI=1S/C19H32N6O3.HI/c1-3-21-19(24-15-5-10-25(11-6-15)13-16(20)26)23-9-4-8-22-18(27)17-14(2)7-12-28-17;/h7,12,15H,3-6,8-11,13H2,1-2H3,(H2,20,26)(H,22,27)(H2,21,23,24);1H. The lowest BCUT2D eigenvalue weighted by Crippen LogP contribution is -2.49. The van der Waals surface area contributed by atoms with Crippen molar-refractivity contribution < 1.29 is 14.0 Å². The van der Waals surface area contributed by atoms with E-state index in [0.717, 1.165) is 50.4 Å². The number of hydrogen-bond acceptors (Lipinski definition) is 5. The number of piperidine rings is 1. The summed E-state index contributed by atoms with van der Waals surface area (Å²) in [6, 6.07) is 2.09. The molecule has 5 N–H and O–H groups in total. The highest BCUT2D eigenvalue weighted by Crippen LogP contribution is 2.10. The van der Waals surface area contributed by atoms with Crippen molar-refractivity contribution in [2.24, 2.45) is 10.7 Å². The maximum Gasteiger partial charge on any atom is 0.287 e. The SMILES string of the molecule is CCNC(=NCCCNC(=O)c1occc1C)NC1CCN(CC(N)=O)CC1.I. The van der Waals surface area contributed by atoms with Crippen LogP contribution in [0.3, 0.4) is 0 Å². The first-order valence-corrected chi connectivity index (χ1v) is 9.87. The minimum atomic E-state index is -0.282. The number of nitrogens with one attached hydrogen (secondary N) is 3. The molecule has 0 radical (unpaired) electrons. The van der Waals surface area contributed by atoms with E-state index in [1.807, 2.05) is 13.8 Å². The first-order valence-electron chi connectivity index (χ1n) is 9.87. The second-order valence-electron chi connectivity index (χ2n) is 6.96. The Morgan fingerprint density at radius 2 is 2.03 bits per heavy atom. The van der Waals surface area contributed by atoms with E-state index < -0.39 is 0 Å². The van der Waals surface area contributed by atoms with E-state index in [1.54, 1.807) is 6.07 Å². The van der Waals surface area contributed by atoms with Crippen LogP contribution in [0, 0.1) is 6.92 Å². The number of nitrogens with two attached hydrogens (primary N) is 1. The first-order chi connectivity index (χ1) is 13.5. The second kappa shape index (κ2) is 13.4. The molecule has 1 aromatic rings. The Morgan fingerprint density at radius 1 is 1.31 bits per heavy atom. The molecule has 1 aromatic heterocycles. The van der Waals surface area contributed by atoms with Crippen LogP contribution in [-0.4, -0.2) is 68.0 Å². The highest BCUT2D eigenvalue weighted by atomic mass is 127. The van der Waals surface area contributed by atoms with Gasteiger partial charge < -0.3 is 26.1 Å². The van der Waals surface area contributed by atoms with Crippen LogP contribution in [0.2, 0.25) is 0 Å². The lowest BCUT2D eigenvalue weighted by molar-refractivity contribution is -0.119. The van der Waals surface area contributed by atoms with E-state index >= 15 is 0 Å². The van der Waals surface area contributed by atoms with Crippen molar-refractivity contribution in [3.05, 3.63) is 23.7 Å². The number of aryl methyl sites for hydroxylation is 1. The van der Waals surface area contributed by atoms with Gasteiger partial charge in [-0.25, -0.2) is 0 Å². The molecule has 0 atom stereocenters. The molecule has 0 aromatic carbocycles. The summed E-state index contributed by atoms with van der Waals surface area (Å²) in [5.41, 5.74) is 6.08. The monoisotopic (exact) mass is 520 g/mol. The van der Waals surface area contributed by atoms with E-state index in [-0.39, 0.29) is 35.8 Å². The fourth-order valence-electron chi connectivity index (χ4n) is 3.13. The Morgan fingerprint density at radius 3 is 2.62 bits per heavy atom. The molecule has 0 bridgehead atoms. The van der Waals surface area contributed by atoms with Gasteiger partial charge >= 0.3 is 0 Å². The Balaban J connectivity index is 0.00000420. The molecular formula is C19H33IN6O3. The smallest absolute Gasteiger partial charge is 0.287 e. The lowest BCUT2D eigenvalue weighted by Gasteiger charge is -2.32. The Labute approximate surface area is 189 Å². The van der Waals surface area contributed by atoms with E-state index in [9.17, 15) is 9.59 Å². The number of guanidine groups is 1. The third-order valence-electron chi connectivity index (χ3n) is 4.61. The largest absolute Gasteiger partial charge is 0.459 e. The fourth-order valence-corrected chi connectivity index (χ4v) is 3.13. The number of nitrogens with zero attached hydrogens (tertiary/aromatic N) is 2. The fraction of sp³-hybridized carbons (Fsp3) is 0.632. The zero-order valence-corrected chi connectivity index (χ0v) is 19.5. The van der Waals surface area contributed by atoms with Gasteiger partial charge in [-0.05, 0) is 39.2 Å². The van der Waals surface area contributed by atoms with Crippen LogP contribution in [0.15, 0.2) is 21.7 Å². The summed E-state index contributed by atoms with van der Waals surface area (Å²) in [7, 11) is 0. The van der Waals surface area contributed by atoms with Crippen LogP contribution in [0.1, 0.15) is 42.3 Å². The van der Waals surface area contributed by atoms with Crippen molar-refractivity contribution in [1.82, 2.24) is 20.9 Å². The van der Waals surface area contributed by atoms with Crippen molar-refractivity contribution in [2.75, 3.05) is 39.3 Å². The predicted octanol–water partition coefficient (Wildman–Crippen LogP) is 0.831. The molecule has 0 aliphatic carbocycles. The molecule has 9 nitrogen and oxygen atoms in total. The summed E-state index contributed by atoms with van der Waals surface area (Å²) in [6.45, 7) is 7.80. The van der Waals surface area contributed by atoms with Crippen molar-refractivity contribution in [1.29, 1.82) is 0 Å². The molecule has 0 unspecified atom stereocenters. The first kappa shape index (κ1) is 25.2. The quantitative estimate of drug-likeness (QED) is 0.166. The van der Waals surface area contributed by atoms with Crippen LogP contribution in [0.5, 0.6) is 0 Å². The van der Waals surface area contributed by atoms with Gasteiger partial charge in [-0.15, -0.1) is 24.0 Å². The average molecular weight is 520 g/mol. The van der Waals surface area contributed by atoms with Crippen molar-refractivity contribution >= 4 is 41.8 Å². The Kier molecular flexibility index (Phi) is 11.7. The molecule has 164 valence electrons. The topological polar surface area (TPSA) is 125 Å². The highest BCUT2D eigenvalue weighted by molar-refractivity contribution is 14.0. The summed E-state index contributed by atoms with van der Waals surface area (Å²) >= 11 is 0. The van der Waals surface area contributed by atoms with Crippen LogP contribution in [0.25, 0.3) is 0 Å². The van der Waals surface area contributed by atoms with Gasteiger partial charge in [0.05, 0.1) is 12.8 Å². The van der Waals surface area contributed by atoms with Crippen molar-refractivity contribution in [2.45, 2.75) is 39.2 Å². The van der Waals surface area contributed by atoms with Crippen LogP contribution < -0.4 is 21.7 Å². The van der Waals surface area contributed by atoms with Crippen LogP contribution >= 0.6 is 24.0 Å². The third-order valence-corrected chi connectivity index (χ3v) is 4.61. The number of likely N-dealkylation sites (tertiary alicyclic amines) is 1. The molecule has 2 rings (SSSR count). The maximum absolute atomic E-state index is 12.0. The number of amides is 2. The highest BCUT2D eigenvalue weighted by Gasteiger charge is 2.20. The van der Waals surface area contributed by atoms with Gasteiger partial charge in [0.1, 0.15) is 0 Å². The van der Waals surface area contributed by atoms with Gasteiger partial charge in [0, 0.05) is 44.3 Å². The number of halogens is 1.